The van der Waals surface area contributed by atoms with Crippen molar-refractivity contribution in [2.24, 2.45) is 0 Å². The number of hydrogen-bond donors (Lipinski definition) is 0. The van der Waals surface area contributed by atoms with Gasteiger partial charge in [0.2, 0.25) is 0 Å². The first-order valence-corrected chi connectivity index (χ1v) is 7.33. The van der Waals surface area contributed by atoms with Gasteiger partial charge >= 0.3 is 0 Å². The van der Waals surface area contributed by atoms with Gasteiger partial charge in [-0.25, -0.2) is 0 Å². The third-order valence-electron chi connectivity index (χ3n) is 1.89. The Morgan fingerprint density at radius 2 is 1.67 bits per heavy atom. The molecule has 0 aliphatic heterocycles. The van der Waals surface area contributed by atoms with Crippen molar-refractivity contribution in [1.82, 2.24) is 0 Å². The minimum absolute atomic E-state index is 0.203. The quantitative estimate of drug-likeness (QED) is 0.359. The topological polar surface area (TPSA) is 0 Å². The molecule has 0 aromatic carbocycles. The highest BCUT2D eigenvalue weighted by Crippen LogP contribution is 2.27. The lowest BCUT2D eigenvalue weighted by atomic mass is 10.9. The van der Waals surface area contributed by atoms with Crippen LogP contribution >= 0.6 is 22.7 Å². The van der Waals surface area contributed by atoms with E-state index < -0.39 is 7.38 Å². The minimum Gasteiger partial charge on any atom is -0.165 e. The van der Waals surface area contributed by atoms with E-state index in [1.54, 1.807) is 0 Å². The van der Waals surface area contributed by atoms with Crippen LogP contribution < -0.4 is 0 Å². The van der Waals surface area contributed by atoms with E-state index in [-0.39, 0.29) is 5.00 Å². The lowest BCUT2D eigenvalue weighted by molar-refractivity contribution is 1.18. The van der Waals surface area contributed by atoms with E-state index in [0.29, 0.717) is 0 Å². The average Bonchev–Trinajstić information content (AvgIpc) is 1.86. The molecule has 1 unspecified atom stereocenters. The molecule has 1 atom stereocenters. The van der Waals surface area contributed by atoms with Gasteiger partial charge in [0.05, 0.1) is 0 Å². The van der Waals surface area contributed by atoms with Gasteiger partial charge in [-0.3, -0.25) is 0 Å². The summed E-state index contributed by atoms with van der Waals surface area (Å²) in [6.07, 6.45) is 0. The smallest absolute Gasteiger partial charge is 0.165 e. The molecule has 0 fully saturated rings. The Morgan fingerprint density at radius 1 is 1.33 bits per heavy atom. The Morgan fingerprint density at radius 3 is 1.67 bits per heavy atom. The van der Waals surface area contributed by atoms with Crippen molar-refractivity contribution in [3.05, 3.63) is 0 Å². The fourth-order valence-electron chi connectivity index (χ4n) is 0.813. The van der Waals surface area contributed by atoms with Gasteiger partial charge in [-0.15, -0.1) is 11.6 Å². The van der Waals surface area contributed by atoms with Crippen LogP contribution in [0.15, 0.2) is 0 Å². The van der Waals surface area contributed by atoms with Gasteiger partial charge in [0, 0.05) is 5.00 Å². The standard InChI is InChI=1S/C6H14Cl2Si/c1-4-9(8,5-2)6(3)7/h6H,4-5H2,1-3H3. The van der Waals surface area contributed by atoms with E-state index in [1.807, 2.05) is 6.92 Å². The van der Waals surface area contributed by atoms with Crippen LogP contribution in [0.3, 0.4) is 0 Å². The van der Waals surface area contributed by atoms with Crippen LogP contribution in [0.2, 0.25) is 12.1 Å². The lowest BCUT2D eigenvalue weighted by Crippen LogP contribution is -2.34. The second kappa shape index (κ2) is 3.84. The number of rotatable bonds is 3. The van der Waals surface area contributed by atoms with Crippen molar-refractivity contribution in [1.29, 1.82) is 0 Å². The third kappa shape index (κ3) is 2.48. The second-order valence-electron chi connectivity index (χ2n) is 2.36. The van der Waals surface area contributed by atoms with Gasteiger partial charge in [-0.05, 0) is 12.1 Å². The molecule has 0 spiro atoms. The van der Waals surface area contributed by atoms with Gasteiger partial charge in [0.1, 0.15) is 0 Å². The molecule has 0 aliphatic rings. The zero-order valence-corrected chi connectivity index (χ0v) is 8.76. The SMILES string of the molecule is CC[Si](Cl)(CC)C(C)Cl. The number of alkyl halides is 1. The molecule has 9 heavy (non-hydrogen) atoms. The summed E-state index contributed by atoms with van der Waals surface area (Å²) in [5.41, 5.74) is 0. The van der Waals surface area contributed by atoms with Gasteiger partial charge in [0.15, 0.2) is 7.38 Å². The van der Waals surface area contributed by atoms with E-state index in [0.717, 1.165) is 12.1 Å². The monoisotopic (exact) mass is 184 g/mol. The van der Waals surface area contributed by atoms with Gasteiger partial charge in [-0.2, -0.15) is 11.1 Å². The van der Waals surface area contributed by atoms with Crippen molar-refractivity contribution in [2.45, 2.75) is 37.9 Å². The summed E-state index contributed by atoms with van der Waals surface area (Å²) in [5.74, 6) is 0. The summed E-state index contributed by atoms with van der Waals surface area (Å²) in [7, 11) is -1.54. The van der Waals surface area contributed by atoms with Crippen molar-refractivity contribution in [3.63, 3.8) is 0 Å². The molecular formula is C6H14Cl2Si. The molecule has 0 aromatic heterocycles. The molecule has 0 amide bonds. The Labute approximate surface area is 68.3 Å². The number of halogens is 2. The highest BCUT2D eigenvalue weighted by molar-refractivity contribution is 7.23. The molecule has 0 bridgehead atoms. The maximum atomic E-state index is 6.25. The highest BCUT2D eigenvalue weighted by atomic mass is 35.6. The van der Waals surface area contributed by atoms with Crippen LogP contribution in [0.25, 0.3) is 0 Å². The largest absolute Gasteiger partial charge is 0.173 e. The Kier molecular flexibility index (Phi) is 4.18. The number of hydrogen-bond acceptors (Lipinski definition) is 0. The molecule has 0 rings (SSSR count). The van der Waals surface area contributed by atoms with E-state index in [1.165, 1.54) is 0 Å². The molecule has 0 heterocycles. The van der Waals surface area contributed by atoms with Gasteiger partial charge < -0.3 is 0 Å². The first kappa shape index (κ1) is 9.80. The summed E-state index contributed by atoms with van der Waals surface area (Å²) in [6, 6.07) is 2.16. The normalized spacial score (nSPS) is 15.7. The molecule has 0 aliphatic carbocycles. The molecular weight excluding hydrogens is 171 g/mol. The third-order valence-corrected chi connectivity index (χ3v) is 9.84. The van der Waals surface area contributed by atoms with E-state index in [4.69, 9.17) is 22.7 Å². The van der Waals surface area contributed by atoms with Crippen LogP contribution in [0, 0.1) is 0 Å². The van der Waals surface area contributed by atoms with E-state index >= 15 is 0 Å². The van der Waals surface area contributed by atoms with Crippen LogP contribution in [0.1, 0.15) is 20.8 Å². The van der Waals surface area contributed by atoms with E-state index in [9.17, 15) is 0 Å². The van der Waals surface area contributed by atoms with Crippen molar-refractivity contribution in [2.75, 3.05) is 0 Å². The second-order valence-corrected chi connectivity index (χ2v) is 9.99. The fraction of sp³-hybridized carbons (Fsp3) is 1.00. The first-order chi connectivity index (χ1) is 4.06. The summed E-state index contributed by atoms with van der Waals surface area (Å²) >= 11 is 12.2. The Hall–Kier alpha value is 0.797. The summed E-state index contributed by atoms with van der Waals surface area (Å²) < 4.78 is 0. The lowest BCUT2D eigenvalue weighted by Gasteiger charge is -2.23. The predicted molar refractivity (Wildman–Crippen MR) is 47.9 cm³/mol. The summed E-state index contributed by atoms with van der Waals surface area (Å²) in [5, 5.41) is 0.203. The Balaban J connectivity index is 3.92. The van der Waals surface area contributed by atoms with Gasteiger partial charge in [-0.1, -0.05) is 20.8 Å². The van der Waals surface area contributed by atoms with Crippen LogP contribution in [-0.2, 0) is 0 Å². The van der Waals surface area contributed by atoms with Crippen molar-refractivity contribution < 1.29 is 0 Å². The molecule has 0 aromatic rings. The fourth-order valence-corrected chi connectivity index (χ4v) is 3.36. The van der Waals surface area contributed by atoms with E-state index in [2.05, 4.69) is 13.8 Å². The van der Waals surface area contributed by atoms with Crippen molar-refractivity contribution >= 4 is 30.1 Å². The predicted octanol–water partition coefficient (Wildman–Crippen LogP) is 3.38. The molecule has 0 saturated carbocycles. The van der Waals surface area contributed by atoms with Gasteiger partial charge in [0.25, 0.3) is 0 Å². The van der Waals surface area contributed by atoms with Crippen LogP contribution in [-0.4, -0.2) is 12.4 Å². The molecule has 0 saturated heterocycles. The highest BCUT2D eigenvalue weighted by Gasteiger charge is 2.31. The molecule has 0 radical (unpaired) electrons. The molecule has 0 nitrogen and oxygen atoms in total. The zero-order chi connectivity index (χ0) is 7.49. The first-order valence-electron chi connectivity index (χ1n) is 3.39. The molecule has 3 heteroatoms. The average molecular weight is 185 g/mol. The minimum atomic E-state index is -1.54. The zero-order valence-electron chi connectivity index (χ0n) is 6.25. The summed E-state index contributed by atoms with van der Waals surface area (Å²) in [6.45, 7) is 6.26. The van der Waals surface area contributed by atoms with Crippen LogP contribution in [0.4, 0.5) is 0 Å². The summed E-state index contributed by atoms with van der Waals surface area (Å²) in [4.78, 5) is 0. The van der Waals surface area contributed by atoms with Crippen LogP contribution in [0.5, 0.6) is 0 Å². The Bertz CT molecular complexity index is 79.1. The van der Waals surface area contributed by atoms with Crippen molar-refractivity contribution in [3.8, 4) is 0 Å². The maximum absolute atomic E-state index is 6.25. The molecule has 56 valence electrons. The maximum Gasteiger partial charge on any atom is 0.173 e. The molecule has 0 N–H and O–H groups in total.